The van der Waals surface area contributed by atoms with Crippen molar-refractivity contribution in [2.45, 2.75) is 38.8 Å². The van der Waals surface area contributed by atoms with E-state index in [0.29, 0.717) is 13.0 Å². The Labute approximate surface area is 159 Å². The minimum absolute atomic E-state index is 0.308. The molecule has 1 spiro atoms. The summed E-state index contributed by atoms with van der Waals surface area (Å²) in [7, 11) is 2.00. The van der Waals surface area contributed by atoms with Crippen LogP contribution in [0.1, 0.15) is 26.3 Å². The summed E-state index contributed by atoms with van der Waals surface area (Å²) in [6.45, 7) is 7.64. The number of likely N-dealkylation sites (N-methyl/N-ethyl adjacent to an activating group) is 1. The van der Waals surface area contributed by atoms with Crippen molar-refractivity contribution in [3.8, 4) is 0 Å². The molecule has 0 unspecified atom stereocenters. The number of carbonyl (C=O) groups excluding carboxylic acids is 3. The van der Waals surface area contributed by atoms with E-state index in [-0.39, 0.29) is 11.9 Å². The topological polar surface area (TPSA) is 73.0 Å². The molecule has 0 bridgehead atoms. The zero-order chi connectivity index (χ0) is 19.6. The Morgan fingerprint density at radius 3 is 2.52 bits per heavy atom. The van der Waals surface area contributed by atoms with Gasteiger partial charge in [0.1, 0.15) is 0 Å². The molecule has 3 aliphatic rings. The fraction of sp³-hybridized carbons (Fsp3) is 0.550. The second kappa shape index (κ2) is 5.79. The Kier molecular flexibility index (Phi) is 3.86. The van der Waals surface area contributed by atoms with Gasteiger partial charge in [0, 0.05) is 30.9 Å². The summed E-state index contributed by atoms with van der Waals surface area (Å²) >= 11 is 0. The smallest absolute Gasteiger partial charge is 0.331 e. The van der Waals surface area contributed by atoms with Crippen molar-refractivity contribution in [2.75, 3.05) is 31.6 Å². The lowest BCUT2D eigenvalue weighted by Gasteiger charge is -2.56. The molecule has 3 heterocycles. The average molecular weight is 370 g/mol. The van der Waals surface area contributed by atoms with Crippen LogP contribution >= 0.6 is 0 Å². The van der Waals surface area contributed by atoms with Gasteiger partial charge in [-0.05, 0) is 45.9 Å². The number of nitrogens with one attached hydrogen (secondary N) is 1. The molecule has 3 aliphatic heterocycles. The van der Waals surface area contributed by atoms with Crippen molar-refractivity contribution in [3.05, 3.63) is 29.8 Å². The number of para-hydroxylation sites is 1. The number of rotatable bonds is 0. The normalized spacial score (nSPS) is 28.9. The highest BCUT2D eigenvalue weighted by atomic mass is 16.2. The predicted octanol–water partition coefficient (Wildman–Crippen LogP) is 1.23. The van der Waals surface area contributed by atoms with Crippen LogP contribution in [0.15, 0.2) is 24.3 Å². The molecule has 2 fully saturated rings. The molecule has 4 rings (SSSR count). The molecular weight excluding hydrogens is 344 g/mol. The number of amides is 4. The van der Waals surface area contributed by atoms with Crippen LogP contribution in [0.25, 0.3) is 0 Å². The number of fused-ring (bicyclic) bond motifs is 4. The van der Waals surface area contributed by atoms with Crippen LogP contribution in [0.4, 0.5) is 10.5 Å². The van der Waals surface area contributed by atoms with Gasteiger partial charge in [-0.3, -0.25) is 19.8 Å². The van der Waals surface area contributed by atoms with Gasteiger partial charge in [0.25, 0.3) is 0 Å². The van der Waals surface area contributed by atoms with Gasteiger partial charge in [0.15, 0.2) is 5.41 Å². The molecule has 0 radical (unpaired) electrons. The molecule has 1 N–H and O–H groups in total. The van der Waals surface area contributed by atoms with E-state index in [9.17, 15) is 14.4 Å². The second-order valence-corrected chi connectivity index (χ2v) is 8.82. The maximum atomic E-state index is 13.7. The average Bonchev–Trinajstić information content (AvgIpc) is 2.58. The maximum absolute atomic E-state index is 13.7. The van der Waals surface area contributed by atoms with Gasteiger partial charge in [0.05, 0.1) is 6.04 Å². The summed E-state index contributed by atoms with van der Waals surface area (Å²) in [5, 5.41) is 2.49. The van der Waals surface area contributed by atoms with E-state index >= 15 is 0 Å². The number of hydrogen-bond acceptors (Lipinski definition) is 5. The zero-order valence-electron chi connectivity index (χ0n) is 16.3. The molecule has 4 amide bonds. The molecule has 0 saturated carbocycles. The van der Waals surface area contributed by atoms with Crippen molar-refractivity contribution in [3.63, 3.8) is 0 Å². The van der Waals surface area contributed by atoms with Crippen molar-refractivity contribution in [1.82, 2.24) is 15.1 Å². The highest BCUT2D eigenvalue weighted by Crippen LogP contribution is 2.46. The fourth-order valence-electron chi connectivity index (χ4n) is 4.70. The van der Waals surface area contributed by atoms with Crippen LogP contribution in [0.2, 0.25) is 0 Å². The molecule has 2 saturated heterocycles. The first-order chi connectivity index (χ1) is 12.7. The minimum atomic E-state index is -1.30. The Morgan fingerprint density at radius 1 is 1.11 bits per heavy atom. The number of benzene rings is 1. The van der Waals surface area contributed by atoms with Crippen molar-refractivity contribution in [2.24, 2.45) is 5.41 Å². The number of barbiturate groups is 1. The number of urea groups is 1. The van der Waals surface area contributed by atoms with Crippen molar-refractivity contribution in [1.29, 1.82) is 0 Å². The summed E-state index contributed by atoms with van der Waals surface area (Å²) in [6.07, 6.45) is 0.308. The highest BCUT2D eigenvalue weighted by molar-refractivity contribution is 6.20. The molecule has 0 aromatic heterocycles. The Bertz CT molecular complexity index is 831. The predicted molar refractivity (Wildman–Crippen MR) is 101 cm³/mol. The molecule has 1 aromatic carbocycles. The molecule has 7 nitrogen and oxygen atoms in total. The SMILES string of the molecule is CN1CCN2c3ccccc3C[C@@]3(C(=O)NC(=O)N(C(C)(C)C)C3=O)[C@H]2C1. The molecule has 144 valence electrons. The van der Waals surface area contributed by atoms with E-state index in [0.717, 1.165) is 24.3 Å². The van der Waals surface area contributed by atoms with E-state index < -0.39 is 22.9 Å². The Hall–Kier alpha value is -2.41. The van der Waals surface area contributed by atoms with E-state index in [4.69, 9.17) is 0 Å². The molecule has 2 atom stereocenters. The van der Waals surface area contributed by atoms with E-state index in [1.54, 1.807) is 0 Å². The second-order valence-electron chi connectivity index (χ2n) is 8.82. The van der Waals surface area contributed by atoms with Gasteiger partial charge >= 0.3 is 6.03 Å². The lowest BCUT2D eigenvalue weighted by atomic mass is 9.67. The Morgan fingerprint density at radius 2 is 1.81 bits per heavy atom. The van der Waals surface area contributed by atoms with E-state index in [1.165, 1.54) is 4.90 Å². The number of carbonyl (C=O) groups is 3. The molecule has 0 aliphatic carbocycles. The number of imide groups is 2. The number of nitrogens with zero attached hydrogens (tertiary/aromatic N) is 3. The van der Waals surface area contributed by atoms with E-state index in [1.807, 2.05) is 46.0 Å². The lowest BCUT2D eigenvalue weighted by molar-refractivity contribution is -0.157. The summed E-state index contributed by atoms with van der Waals surface area (Å²) < 4.78 is 0. The van der Waals surface area contributed by atoms with Gasteiger partial charge < -0.3 is 9.80 Å². The first-order valence-corrected chi connectivity index (χ1v) is 9.39. The lowest BCUT2D eigenvalue weighted by Crippen LogP contribution is -2.76. The first kappa shape index (κ1) is 18.0. The molecule has 27 heavy (non-hydrogen) atoms. The standard InChI is InChI=1S/C20H26N4O3/c1-19(2,3)24-17(26)20(16(25)21-18(24)27)11-13-7-5-6-8-14(13)23-10-9-22(4)12-15(20)23/h5-8,15H,9-12H2,1-4H3,(H,21,25,27)/t15-,20+/m1/s1. The highest BCUT2D eigenvalue weighted by Gasteiger charge is 2.63. The summed E-state index contributed by atoms with van der Waals surface area (Å²) in [5.41, 5.74) is 0.0487. The zero-order valence-corrected chi connectivity index (χ0v) is 16.3. The maximum Gasteiger partial charge on any atom is 0.331 e. The Balaban J connectivity index is 1.90. The van der Waals surface area contributed by atoms with Crippen LogP contribution < -0.4 is 10.2 Å². The molecule has 1 aromatic rings. The van der Waals surface area contributed by atoms with Crippen LogP contribution in [0, 0.1) is 5.41 Å². The van der Waals surface area contributed by atoms with Gasteiger partial charge in [-0.25, -0.2) is 4.79 Å². The monoisotopic (exact) mass is 370 g/mol. The van der Waals surface area contributed by atoms with Gasteiger partial charge in [-0.15, -0.1) is 0 Å². The van der Waals surface area contributed by atoms with Gasteiger partial charge in [-0.2, -0.15) is 0 Å². The summed E-state index contributed by atoms with van der Waals surface area (Å²) in [6, 6.07) is 7.01. The fourth-order valence-corrected chi connectivity index (χ4v) is 4.70. The molecular formula is C20H26N4O3. The third-order valence-electron chi connectivity index (χ3n) is 6.01. The minimum Gasteiger partial charge on any atom is -0.364 e. The third-order valence-corrected chi connectivity index (χ3v) is 6.01. The molecule has 7 heteroatoms. The summed E-state index contributed by atoms with van der Waals surface area (Å²) in [5.74, 6) is -0.860. The van der Waals surface area contributed by atoms with Crippen LogP contribution in [-0.4, -0.2) is 65.9 Å². The number of hydrogen-bond donors (Lipinski definition) is 1. The van der Waals surface area contributed by atoms with Gasteiger partial charge in [0.2, 0.25) is 11.8 Å². The van der Waals surface area contributed by atoms with Crippen LogP contribution in [-0.2, 0) is 16.0 Å². The number of anilines is 1. The van der Waals surface area contributed by atoms with Crippen molar-refractivity contribution < 1.29 is 14.4 Å². The largest absolute Gasteiger partial charge is 0.364 e. The number of piperazine rings is 1. The van der Waals surface area contributed by atoms with Gasteiger partial charge in [-0.1, -0.05) is 18.2 Å². The van der Waals surface area contributed by atoms with Crippen LogP contribution in [0.5, 0.6) is 0 Å². The van der Waals surface area contributed by atoms with Crippen LogP contribution in [0.3, 0.4) is 0 Å². The quantitative estimate of drug-likeness (QED) is 0.696. The summed E-state index contributed by atoms with van der Waals surface area (Å²) in [4.78, 5) is 45.0. The van der Waals surface area contributed by atoms with Crippen molar-refractivity contribution >= 4 is 23.5 Å². The van der Waals surface area contributed by atoms with E-state index in [2.05, 4.69) is 21.2 Å². The third kappa shape index (κ3) is 2.48. The first-order valence-electron chi connectivity index (χ1n) is 9.39.